The molecule has 1 amide bonds. The molecule has 0 bridgehead atoms. The molecule has 8 nitrogen and oxygen atoms in total. The molecule has 0 saturated carbocycles. The molecule has 3 rings (SSSR count). The second kappa shape index (κ2) is 11.9. The van der Waals surface area contributed by atoms with Gasteiger partial charge in [0, 0.05) is 5.69 Å². The summed E-state index contributed by atoms with van der Waals surface area (Å²) in [6.45, 7) is 1.83. The lowest BCUT2D eigenvalue weighted by Crippen LogP contribution is -2.20. The fourth-order valence-corrected chi connectivity index (χ4v) is 2.82. The Balaban J connectivity index is 1.53. The second-order valence-corrected chi connectivity index (χ2v) is 6.78. The van der Waals surface area contributed by atoms with Crippen LogP contribution in [0.25, 0.3) is 0 Å². The first-order valence-corrected chi connectivity index (χ1v) is 10.3. The lowest BCUT2D eigenvalue weighted by molar-refractivity contribution is -0.118. The summed E-state index contributed by atoms with van der Waals surface area (Å²) in [6.07, 6.45) is 1.66. The number of para-hydroxylation sites is 1. The van der Waals surface area contributed by atoms with Crippen LogP contribution in [0.3, 0.4) is 0 Å². The van der Waals surface area contributed by atoms with E-state index >= 15 is 0 Å². The fraction of sp³-hybridized carbons (Fsp3) is 0.160. The molecule has 170 valence electrons. The van der Waals surface area contributed by atoms with Crippen LogP contribution in [0.15, 0.2) is 77.9 Å². The molecule has 2 N–H and O–H groups in total. The number of hydrazone groups is 1. The Hall–Kier alpha value is -4.33. The van der Waals surface area contributed by atoms with Gasteiger partial charge in [-0.3, -0.25) is 10.2 Å². The number of nitrogens with one attached hydrogen (secondary N) is 2. The van der Waals surface area contributed by atoms with Crippen molar-refractivity contribution in [3.05, 3.63) is 83.9 Å². The Morgan fingerprint density at radius 3 is 2.39 bits per heavy atom. The number of hydrogen-bond donors (Lipinski definition) is 2. The van der Waals surface area contributed by atoms with E-state index in [1.165, 1.54) is 7.11 Å². The van der Waals surface area contributed by atoms with Crippen LogP contribution in [0.2, 0.25) is 0 Å². The van der Waals surface area contributed by atoms with Crippen molar-refractivity contribution in [3.8, 4) is 11.5 Å². The molecule has 0 aliphatic carbocycles. The summed E-state index contributed by atoms with van der Waals surface area (Å²) < 4.78 is 15.9. The van der Waals surface area contributed by atoms with Gasteiger partial charge in [-0.05, 0) is 67.1 Å². The highest BCUT2D eigenvalue weighted by atomic mass is 16.5. The lowest BCUT2D eigenvalue weighted by Gasteiger charge is -2.11. The topological polar surface area (TPSA) is 98.2 Å². The van der Waals surface area contributed by atoms with Crippen molar-refractivity contribution in [1.82, 2.24) is 0 Å². The number of anilines is 2. The monoisotopic (exact) mass is 447 g/mol. The van der Waals surface area contributed by atoms with Gasteiger partial charge >= 0.3 is 5.97 Å². The number of ether oxygens (including phenoxy) is 3. The molecular weight excluding hydrogens is 422 g/mol. The first-order valence-electron chi connectivity index (χ1n) is 10.3. The summed E-state index contributed by atoms with van der Waals surface area (Å²) in [5.74, 6) is 0.150. The molecule has 0 saturated heterocycles. The highest BCUT2D eigenvalue weighted by Crippen LogP contribution is 2.27. The summed E-state index contributed by atoms with van der Waals surface area (Å²) in [5.41, 5.74) is 5.58. The molecule has 0 unspecified atom stereocenters. The molecule has 3 aromatic rings. The van der Waals surface area contributed by atoms with Gasteiger partial charge in [0.25, 0.3) is 5.91 Å². The number of carbonyl (C=O) groups excluding carboxylic acids is 2. The van der Waals surface area contributed by atoms with E-state index in [2.05, 4.69) is 15.8 Å². The van der Waals surface area contributed by atoms with Crippen molar-refractivity contribution in [2.75, 3.05) is 31.1 Å². The van der Waals surface area contributed by atoms with Gasteiger partial charge in [-0.15, -0.1) is 0 Å². The normalized spacial score (nSPS) is 10.5. The van der Waals surface area contributed by atoms with E-state index in [0.717, 1.165) is 11.3 Å². The molecular formula is C25H25N3O5. The number of nitrogens with zero attached hydrogens (tertiary/aromatic N) is 1. The highest BCUT2D eigenvalue weighted by molar-refractivity contribution is 5.93. The number of benzene rings is 3. The molecule has 0 heterocycles. The fourth-order valence-electron chi connectivity index (χ4n) is 2.82. The van der Waals surface area contributed by atoms with E-state index in [9.17, 15) is 9.59 Å². The molecule has 3 aromatic carbocycles. The van der Waals surface area contributed by atoms with Gasteiger partial charge in [0.2, 0.25) is 0 Å². The van der Waals surface area contributed by atoms with Crippen LogP contribution >= 0.6 is 0 Å². The first kappa shape index (κ1) is 23.3. The average molecular weight is 447 g/mol. The van der Waals surface area contributed by atoms with E-state index in [4.69, 9.17) is 14.2 Å². The molecule has 33 heavy (non-hydrogen) atoms. The quantitative estimate of drug-likeness (QED) is 0.273. The van der Waals surface area contributed by atoms with Crippen LogP contribution in [0.4, 0.5) is 11.4 Å². The van der Waals surface area contributed by atoms with Gasteiger partial charge in [-0.1, -0.05) is 18.2 Å². The van der Waals surface area contributed by atoms with Crippen molar-refractivity contribution < 1.29 is 23.8 Å². The van der Waals surface area contributed by atoms with Crippen LogP contribution < -0.4 is 20.2 Å². The number of methoxy groups -OCH3 is 1. The number of hydrogen-bond acceptors (Lipinski definition) is 7. The zero-order valence-electron chi connectivity index (χ0n) is 18.4. The Labute approximate surface area is 192 Å². The Morgan fingerprint density at radius 1 is 0.939 bits per heavy atom. The first-order chi connectivity index (χ1) is 16.1. The van der Waals surface area contributed by atoms with Gasteiger partial charge in [-0.2, -0.15) is 5.10 Å². The van der Waals surface area contributed by atoms with Crippen molar-refractivity contribution in [2.24, 2.45) is 5.10 Å². The van der Waals surface area contributed by atoms with Gasteiger partial charge in [0.1, 0.15) is 0 Å². The van der Waals surface area contributed by atoms with Crippen molar-refractivity contribution in [1.29, 1.82) is 0 Å². The Kier molecular flexibility index (Phi) is 8.41. The molecule has 0 aliphatic heterocycles. The third-order valence-electron chi connectivity index (χ3n) is 4.41. The zero-order valence-corrected chi connectivity index (χ0v) is 18.4. The van der Waals surface area contributed by atoms with Gasteiger partial charge in [0.05, 0.1) is 31.2 Å². The average Bonchev–Trinajstić information content (AvgIpc) is 2.84. The highest BCUT2D eigenvalue weighted by Gasteiger charge is 2.10. The third kappa shape index (κ3) is 7.10. The predicted molar refractivity (Wildman–Crippen MR) is 127 cm³/mol. The number of amides is 1. The van der Waals surface area contributed by atoms with Crippen molar-refractivity contribution >= 4 is 29.5 Å². The molecule has 8 heteroatoms. The Bertz CT molecular complexity index is 1100. The van der Waals surface area contributed by atoms with Crippen LogP contribution in [0, 0.1) is 0 Å². The van der Waals surface area contributed by atoms with Crippen LogP contribution in [-0.2, 0) is 9.53 Å². The minimum atomic E-state index is -0.407. The van der Waals surface area contributed by atoms with Crippen LogP contribution in [0.1, 0.15) is 22.8 Å². The molecule has 0 fully saturated rings. The minimum Gasteiger partial charge on any atom is -0.493 e. The predicted octanol–water partition coefficient (Wildman–Crippen LogP) is 4.34. The van der Waals surface area contributed by atoms with Gasteiger partial charge in [0.15, 0.2) is 18.1 Å². The molecule has 0 spiro atoms. The van der Waals surface area contributed by atoms with E-state index in [1.54, 1.807) is 55.6 Å². The van der Waals surface area contributed by atoms with Crippen LogP contribution in [0.5, 0.6) is 11.5 Å². The van der Waals surface area contributed by atoms with Gasteiger partial charge in [-0.25, -0.2) is 4.79 Å². The maximum absolute atomic E-state index is 12.3. The van der Waals surface area contributed by atoms with Crippen molar-refractivity contribution in [3.63, 3.8) is 0 Å². The molecule has 0 aliphatic rings. The minimum absolute atomic E-state index is 0.209. The third-order valence-corrected chi connectivity index (χ3v) is 4.41. The second-order valence-electron chi connectivity index (χ2n) is 6.78. The van der Waals surface area contributed by atoms with E-state index < -0.39 is 5.97 Å². The standard InChI is InChI=1S/C25H25N3O5/c1-3-32-25(30)19-10-12-20(13-11-19)27-24(29)17-33-22-14-9-18(15-23(22)31-2)16-26-28-21-7-5-4-6-8-21/h4-16,28H,3,17H2,1-2H3,(H,27,29)/b26-16+. The van der Waals surface area contributed by atoms with Gasteiger partial charge < -0.3 is 19.5 Å². The van der Waals surface area contributed by atoms with Crippen LogP contribution in [-0.4, -0.2) is 38.4 Å². The lowest BCUT2D eigenvalue weighted by atomic mass is 10.2. The van der Waals surface area contributed by atoms with E-state index in [1.807, 2.05) is 30.3 Å². The Morgan fingerprint density at radius 2 is 1.70 bits per heavy atom. The van der Waals surface area contributed by atoms with Crippen molar-refractivity contribution in [2.45, 2.75) is 6.92 Å². The molecule has 0 aromatic heterocycles. The smallest absolute Gasteiger partial charge is 0.338 e. The number of carbonyl (C=O) groups is 2. The number of rotatable bonds is 10. The van der Waals surface area contributed by atoms with E-state index in [-0.39, 0.29) is 12.5 Å². The van der Waals surface area contributed by atoms with E-state index in [0.29, 0.717) is 29.4 Å². The maximum atomic E-state index is 12.3. The SMILES string of the molecule is CCOC(=O)c1ccc(NC(=O)COc2ccc(/C=N/Nc3ccccc3)cc2OC)cc1. The largest absolute Gasteiger partial charge is 0.493 e. The zero-order chi connectivity index (χ0) is 23.5. The molecule has 0 radical (unpaired) electrons. The summed E-state index contributed by atoms with van der Waals surface area (Å²) in [4.78, 5) is 23.9. The summed E-state index contributed by atoms with van der Waals surface area (Å²) >= 11 is 0. The summed E-state index contributed by atoms with van der Waals surface area (Å²) in [7, 11) is 1.52. The molecule has 0 atom stereocenters. The summed E-state index contributed by atoms with van der Waals surface area (Å²) in [6, 6.07) is 21.3. The maximum Gasteiger partial charge on any atom is 0.338 e. The summed E-state index contributed by atoms with van der Waals surface area (Å²) in [5, 5.41) is 6.92. The number of esters is 1.